The molecular formula is C14H18FN. The van der Waals surface area contributed by atoms with Gasteiger partial charge in [-0.1, -0.05) is 26.8 Å². The normalized spacial score (nSPS) is 15.5. The summed E-state index contributed by atoms with van der Waals surface area (Å²) in [6, 6.07) is 3.53. The molecule has 2 radical (unpaired) electrons. The molecule has 1 heterocycles. The van der Waals surface area contributed by atoms with Crippen LogP contribution >= 0.6 is 0 Å². The second-order valence-electron chi connectivity index (χ2n) is 5.58. The minimum Gasteiger partial charge on any atom is -0.385 e. The SMILES string of the molecule is CC(C)(C)Cc1cc2c(cc1F)NCC[C]2. The minimum atomic E-state index is -0.107. The van der Waals surface area contributed by atoms with Crippen molar-refractivity contribution in [2.45, 2.75) is 33.6 Å². The van der Waals surface area contributed by atoms with Crippen molar-refractivity contribution in [3.63, 3.8) is 0 Å². The predicted octanol–water partition coefficient (Wildman–Crippen LogP) is 3.66. The summed E-state index contributed by atoms with van der Waals surface area (Å²) < 4.78 is 13.8. The van der Waals surface area contributed by atoms with Crippen LogP contribution in [0.15, 0.2) is 12.1 Å². The van der Waals surface area contributed by atoms with E-state index >= 15 is 0 Å². The first-order valence-corrected chi connectivity index (χ1v) is 5.76. The number of hydrogen-bond donors (Lipinski definition) is 1. The summed E-state index contributed by atoms with van der Waals surface area (Å²) in [7, 11) is 0. The van der Waals surface area contributed by atoms with Crippen molar-refractivity contribution in [3.8, 4) is 0 Å². The molecule has 0 atom stereocenters. The topological polar surface area (TPSA) is 12.0 Å². The molecule has 0 fully saturated rings. The number of halogens is 1. The fraction of sp³-hybridized carbons (Fsp3) is 0.500. The van der Waals surface area contributed by atoms with Gasteiger partial charge in [0.15, 0.2) is 0 Å². The fourth-order valence-corrected chi connectivity index (χ4v) is 2.01. The first kappa shape index (κ1) is 11.4. The van der Waals surface area contributed by atoms with Crippen LogP contribution in [0.1, 0.15) is 38.3 Å². The van der Waals surface area contributed by atoms with Crippen LogP contribution < -0.4 is 5.32 Å². The van der Waals surface area contributed by atoms with Crippen molar-refractivity contribution >= 4 is 5.69 Å². The number of fused-ring (bicyclic) bond motifs is 1. The summed E-state index contributed by atoms with van der Waals surface area (Å²) >= 11 is 0. The Hall–Kier alpha value is -1.05. The van der Waals surface area contributed by atoms with Gasteiger partial charge < -0.3 is 5.32 Å². The molecule has 0 amide bonds. The van der Waals surface area contributed by atoms with Crippen LogP contribution in [0.3, 0.4) is 0 Å². The van der Waals surface area contributed by atoms with Gasteiger partial charge in [0, 0.05) is 18.7 Å². The predicted molar refractivity (Wildman–Crippen MR) is 65.0 cm³/mol. The first-order chi connectivity index (χ1) is 7.46. The highest BCUT2D eigenvalue weighted by Crippen LogP contribution is 2.29. The van der Waals surface area contributed by atoms with Crippen molar-refractivity contribution in [1.82, 2.24) is 0 Å². The third kappa shape index (κ3) is 2.55. The Morgan fingerprint density at radius 3 is 2.81 bits per heavy atom. The van der Waals surface area contributed by atoms with E-state index in [4.69, 9.17) is 0 Å². The molecule has 1 N–H and O–H groups in total. The molecule has 0 saturated heterocycles. The van der Waals surface area contributed by atoms with Crippen LogP contribution in [0.25, 0.3) is 0 Å². The minimum absolute atomic E-state index is 0.107. The van der Waals surface area contributed by atoms with E-state index in [1.807, 2.05) is 6.07 Å². The molecule has 0 aromatic heterocycles. The molecule has 0 bridgehead atoms. The average Bonchev–Trinajstić information content (AvgIpc) is 2.17. The van der Waals surface area contributed by atoms with E-state index in [9.17, 15) is 4.39 Å². The zero-order valence-electron chi connectivity index (χ0n) is 10.2. The zero-order chi connectivity index (χ0) is 11.8. The van der Waals surface area contributed by atoms with E-state index in [-0.39, 0.29) is 11.2 Å². The lowest BCUT2D eigenvalue weighted by Crippen LogP contribution is -2.14. The van der Waals surface area contributed by atoms with Gasteiger partial charge in [-0.25, -0.2) is 4.39 Å². The van der Waals surface area contributed by atoms with E-state index in [0.29, 0.717) is 0 Å². The quantitative estimate of drug-likeness (QED) is 0.760. The van der Waals surface area contributed by atoms with Crippen LogP contribution in [0.2, 0.25) is 0 Å². The number of anilines is 1. The van der Waals surface area contributed by atoms with Gasteiger partial charge in [-0.3, -0.25) is 0 Å². The summed E-state index contributed by atoms with van der Waals surface area (Å²) in [5.74, 6) is -0.107. The van der Waals surface area contributed by atoms with Gasteiger partial charge in [0.25, 0.3) is 0 Å². The second-order valence-corrected chi connectivity index (χ2v) is 5.58. The lowest BCUT2D eigenvalue weighted by atomic mass is 9.86. The van der Waals surface area contributed by atoms with E-state index in [0.717, 1.165) is 36.2 Å². The summed E-state index contributed by atoms with van der Waals surface area (Å²) in [5, 5.41) is 3.19. The smallest absolute Gasteiger partial charge is 0.128 e. The van der Waals surface area contributed by atoms with Gasteiger partial charge in [-0.15, -0.1) is 0 Å². The maximum Gasteiger partial charge on any atom is 0.128 e. The van der Waals surface area contributed by atoms with Crippen molar-refractivity contribution in [2.75, 3.05) is 11.9 Å². The molecule has 2 heteroatoms. The Morgan fingerprint density at radius 1 is 1.38 bits per heavy atom. The molecule has 0 spiro atoms. The van der Waals surface area contributed by atoms with E-state index in [2.05, 4.69) is 32.5 Å². The van der Waals surface area contributed by atoms with Gasteiger partial charge in [-0.2, -0.15) is 0 Å². The summed E-state index contributed by atoms with van der Waals surface area (Å²) in [4.78, 5) is 0. The van der Waals surface area contributed by atoms with Crippen molar-refractivity contribution < 1.29 is 4.39 Å². The number of nitrogens with one attached hydrogen (secondary N) is 1. The van der Waals surface area contributed by atoms with E-state index < -0.39 is 0 Å². The Bertz CT molecular complexity index is 390. The lowest BCUT2D eigenvalue weighted by Gasteiger charge is -2.22. The molecule has 1 aliphatic rings. The van der Waals surface area contributed by atoms with Crippen LogP contribution in [-0.4, -0.2) is 6.54 Å². The van der Waals surface area contributed by atoms with Gasteiger partial charge in [0.05, 0.1) is 0 Å². The third-order valence-corrected chi connectivity index (χ3v) is 2.66. The van der Waals surface area contributed by atoms with E-state index in [1.165, 1.54) is 0 Å². The standard InChI is InChI=1S/C14H18FN/c1-14(2,3)9-11-7-10-5-4-6-16-13(10)8-12(11)15/h7-8,16H,4,6,9H2,1-3H3. The van der Waals surface area contributed by atoms with Gasteiger partial charge >= 0.3 is 0 Å². The lowest BCUT2D eigenvalue weighted by molar-refractivity contribution is 0.402. The molecular weight excluding hydrogens is 201 g/mol. The average molecular weight is 219 g/mol. The largest absolute Gasteiger partial charge is 0.385 e. The molecule has 1 nitrogen and oxygen atoms in total. The molecule has 86 valence electrons. The number of benzene rings is 1. The van der Waals surface area contributed by atoms with Gasteiger partial charge in [-0.05, 0) is 35.4 Å². The molecule has 16 heavy (non-hydrogen) atoms. The summed E-state index contributed by atoms with van der Waals surface area (Å²) in [6.45, 7) is 7.22. The zero-order valence-corrected chi connectivity index (χ0v) is 10.2. The fourth-order valence-electron chi connectivity index (χ4n) is 2.01. The Morgan fingerprint density at radius 2 is 2.12 bits per heavy atom. The molecule has 0 aliphatic carbocycles. The van der Waals surface area contributed by atoms with E-state index in [1.54, 1.807) is 6.07 Å². The Labute approximate surface area is 97.1 Å². The second kappa shape index (κ2) is 4.08. The van der Waals surface area contributed by atoms with Crippen LogP contribution in [-0.2, 0) is 6.42 Å². The van der Waals surface area contributed by atoms with Crippen molar-refractivity contribution in [2.24, 2.45) is 5.41 Å². The summed E-state index contributed by atoms with van der Waals surface area (Å²) in [5.41, 5.74) is 2.80. The van der Waals surface area contributed by atoms with Crippen LogP contribution in [0.4, 0.5) is 10.1 Å². The molecule has 0 saturated carbocycles. The maximum absolute atomic E-state index is 13.8. The van der Waals surface area contributed by atoms with Gasteiger partial charge in [0.1, 0.15) is 5.82 Å². The summed E-state index contributed by atoms with van der Waals surface area (Å²) in [6.07, 6.45) is 4.94. The molecule has 1 aromatic rings. The third-order valence-electron chi connectivity index (χ3n) is 2.66. The molecule has 1 aromatic carbocycles. The van der Waals surface area contributed by atoms with Crippen molar-refractivity contribution in [3.05, 3.63) is 35.5 Å². The van der Waals surface area contributed by atoms with Crippen LogP contribution in [0.5, 0.6) is 0 Å². The number of rotatable bonds is 1. The Balaban J connectivity index is 2.32. The molecule has 0 unspecified atom stereocenters. The highest BCUT2D eigenvalue weighted by Gasteiger charge is 2.18. The highest BCUT2D eigenvalue weighted by atomic mass is 19.1. The highest BCUT2D eigenvalue weighted by molar-refractivity contribution is 5.58. The van der Waals surface area contributed by atoms with Crippen LogP contribution in [0, 0.1) is 17.7 Å². The molecule has 1 aliphatic heterocycles. The van der Waals surface area contributed by atoms with Gasteiger partial charge in [0.2, 0.25) is 0 Å². The van der Waals surface area contributed by atoms with Crippen molar-refractivity contribution in [1.29, 1.82) is 0 Å². The monoisotopic (exact) mass is 219 g/mol. The maximum atomic E-state index is 13.8. The first-order valence-electron chi connectivity index (χ1n) is 5.76. The molecule has 2 rings (SSSR count). The number of hydrogen-bond acceptors (Lipinski definition) is 1. The Kier molecular flexibility index (Phi) is 2.92.